The van der Waals surface area contributed by atoms with Crippen LogP contribution in [0.25, 0.3) is 21.9 Å². The lowest BCUT2D eigenvalue weighted by Gasteiger charge is -2.24. The maximum absolute atomic E-state index is 10.7. The van der Waals surface area contributed by atoms with Crippen LogP contribution in [0.5, 0.6) is 5.88 Å². The molecule has 3 aromatic rings. The Morgan fingerprint density at radius 1 is 1.38 bits per heavy atom. The smallest absolute Gasteiger partial charge is 0.241 e. The van der Waals surface area contributed by atoms with Crippen molar-refractivity contribution >= 4 is 33.5 Å². The number of hydrogen-bond acceptors (Lipinski definition) is 5. The van der Waals surface area contributed by atoms with Gasteiger partial charge in [0.25, 0.3) is 0 Å². The number of aromatic nitrogens is 3. The highest BCUT2D eigenvalue weighted by Gasteiger charge is 2.28. The number of nitrogens with zero attached hydrogens (tertiary/aromatic N) is 3. The first-order chi connectivity index (χ1) is 11.7. The Morgan fingerprint density at radius 3 is 3.08 bits per heavy atom. The Bertz CT molecular complexity index is 895. The van der Waals surface area contributed by atoms with Gasteiger partial charge in [-0.1, -0.05) is 11.6 Å². The van der Waals surface area contributed by atoms with Crippen LogP contribution in [-0.2, 0) is 0 Å². The Balaban J connectivity index is 2.07. The fourth-order valence-electron chi connectivity index (χ4n) is 3.61. The number of benzene rings is 1. The summed E-state index contributed by atoms with van der Waals surface area (Å²) in [6, 6.07) is 5.68. The van der Waals surface area contributed by atoms with Gasteiger partial charge in [-0.15, -0.1) is 0 Å². The van der Waals surface area contributed by atoms with Gasteiger partial charge in [0.1, 0.15) is 17.4 Å². The number of ether oxygens (including phenoxy) is 1. The van der Waals surface area contributed by atoms with Gasteiger partial charge in [0.15, 0.2) is 0 Å². The summed E-state index contributed by atoms with van der Waals surface area (Å²) in [5.74, 6) is 0.511. The van der Waals surface area contributed by atoms with Crippen LogP contribution in [0.4, 0.5) is 0 Å². The number of fused-ring (bicyclic) bond motifs is 3. The van der Waals surface area contributed by atoms with E-state index >= 15 is 0 Å². The van der Waals surface area contributed by atoms with Crippen LogP contribution < -0.4 is 10.1 Å². The van der Waals surface area contributed by atoms with Crippen LogP contribution in [-0.4, -0.2) is 45.9 Å². The van der Waals surface area contributed by atoms with Crippen molar-refractivity contribution in [3.05, 3.63) is 29.5 Å². The van der Waals surface area contributed by atoms with Gasteiger partial charge < -0.3 is 19.7 Å². The Labute approximate surface area is 144 Å². The SMILES string of the molecule is COc1ncnc2c3cc(Cl)ccc3n(C3CCCNC[C@H]3O)c12. The summed E-state index contributed by atoms with van der Waals surface area (Å²) < 4.78 is 7.61. The van der Waals surface area contributed by atoms with Crippen LogP contribution in [0.15, 0.2) is 24.5 Å². The molecule has 1 saturated heterocycles. The van der Waals surface area contributed by atoms with E-state index in [4.69, 9.17) is 16.3 Å². The van der Waals surface area contributed by atoms with Crippen molar-refractivity contribution in [1.29, 1.82) is 0 Å². The van der Waals surface area contributed by atoms with Gasteiger partial charge in [-0.05, 0) is 37.6 Å². The van der Waals surface area contributed by atoms with E-state index in [1.807, 2.05) is 18.2 Å². The standard InChI is InChI=1S/C17H19ClN4O2/c1-24-17-16-15(20-9-21-17)11-7-10(18)4-5-12(11)22(16)13-3-2-6-19-8-14(13)23/h4-5,7,9,13-14,19,23H,2-3,6,8H2,1H3/t13?,14-/m1/s1. The molecule has 7 heteroatoms. The fraction of sp³-hybridized carbons (Fsp3) is 0.412. The van der Waals surface area contributed by atoms with E-state index in [0.717, 1.165) is 41.3 Å². The zero-order valence-corrected chi connectivity index (χ0v) is 14.1. The molecule has 126 valence electrons. The molecule has 24 heavy (non-hydrogen) atoms. The third kappa shape index (κ3) is 2.42. The lowest BCUT2D eigenvalue weighted by molar-refractivity contribution is 0.119. The molecule has 0 spiro atoms. The summed E-state index contributed by atoms with van der Waals surface area (Å²) >= 11 is 6.20. The van der Waals surface area contributed by atoms with E-state index in [0.29, 0.717) is 17.4 Å². The van der Waals surface area contributed by atoms with Crippen molar-refractivity contribution in [3.63, 3.8) is 0 Å². The summed E-state index contributed by atoms with van der Waals surface area (Å²) in [4.78, 5) is 8.72. The van der Waals surface area contributed by atoms with Gasteiger partial charge >= 0.3 is 0 Å². The molecule has 2 aromatic heterocycles. The van der Waals surface area contributed by atoms with Gasteiger partial charge in [-0.25, -0.2) is 4.98 Å². The molecule has 1 unspecified atom stereocenters. The first-order valence-corrected chi connectivity index (χ1v) is 8.45. The van der Waals surface area contributed by atoms with Gasteiger partial charge in [0, 0.05) is 17.0 Å². The molecule has 4 rings (SSSR count). The van der Waals surface area contributed by atoms with Gasteiger partial charge in [0.05, 0.1) is 24.8 Å². The average Bonchev–Trinajstić information content (AvgIpc) is 2.75. The minimum Gasteiger partial charge on any atom is -0.479 e. The van der Waals surface area contributed by atoms with E-state index in [-0.39, 0.29) is 6.04 Å². The molecule has 0 aliphatic carbocycles. The zero-order valence-electron chi connectivity index (χ0n) is 13.4. The summed E-state index contributed by atoms with van der Waals surface area (Å²) in [5.41, 5.74) is 2.59. The molecule has 6 nitrogen and oxygen atoms in total. The van der Waals surface area contributed by atoms with Crippen LogP contribution in [0, 0.1) is 0 Å². The molecular formula is C17H19ClN4O2. The number of hydrogen-bond donors (Lipinski definition) is 2. The van der Waals surface area contributed by atoms with E-state index < -0.39 is 6.10 Å². The summed E-state index contributed by atoms with van der Waals surface area (Å²) in [6.45, 7) is 1.47. The average molecular weight is 347 g/mol. The molecule has 2 atom stereocenters. The molecule has 0 amide bonds. The van der Waals surface area contributed by atoms with Crippen LogP contribution >= 0.6 is 11.6 Å². The van der Waals surface area contributed by atoms with Crippen molar-refractivity contribution in [2.75, 3.05) is 20.2 Å². The number of β-amino-alcohol motifs (C(OH)–C–C–N with tert-alkyl or cyclic N) is 1. The van der Waals surface area contributed by atoms with Gasteiger partial charge in [-0.2, -0.15) is 4.98 Å². The molecule has 1 aliphatic rings. The molecule has 0 radical (unpaired) electrons. The number of halogens is 1. The van der Waals surface area contributed by atoms with Gasteiger partial charge in [-0.3, -0.25) is 0 Å². The second-order valence-corrected chi connectivity index (χ2v) is 6.53. The third-order valence-corrected chi connectivity index (χ3v) is 4.91. The molecule has 2 N–H and O–H groups in total. The van der Waals surface area contributed by atoms with Crippen LogP contribution in [0.1, 0.15) is 18.9 Å². The third-order valence-electron chi connectivity index (χ3n) is 4.68. The molecule has 0 bridgehead atoms. The van der Waals surface area contributed by atoms with E-state index in [1.165, 1.54) is 6.33 Å². The van der Waals surface area contributed by atoms with Gasteiger partial charge in [0.2, 0.25) is 5.88 Å². The summed E-state index contributed by atoms with van der Waals surface area (Å²) in [7, 11) is 1.60. The second-order valence-electron chi connectivity index (χ2n) is 6.09. The highest BCUT2D eigenvalue weighted by Crippen LogP contribution is 2.38. The number of aliphatic hydroxyl groups is 1. The van der Waals surface area contributed by atoms with E-state index in [1.54, 1.807) is 7.11 Å². The minimum absolute atomic E-state index is 0.0684. The molecule has 1 aliphatic heterocycles. The normalized spacial score (nSPS) is 22.0. The Kier molecular flexibility index (Phi) is 4.04. The Morgan fingerprint density at radius 2 is 2.25 bits per heavy atom. The first-order valence-electron chi connectivity index (χ1n) is 8.07. The van der Waals surface area contributed by atoms with Crippen LogP contribution in [0.2, 0.25) is 5.02 Å². The number of nitrogens with one attached hydrogen (secondary N) is 1. The lowest BCUT2D eigenvalue weighted by atomic mass is 10.1. The highest BCUT2D eigenvalue weighted by molar-refractivity contribution is 6.31. The quantitative estimate of drug-likeness (QED) is 0.746. The Hall–Kier alpha value is -1.89. The monoisotopic (exact) mass is 346 g/mol. The van der Waals surface area contributed by atoms with Crippen molar-refractivity contribution in [2.45, 2.75) is 25.0 Å². The van der Waals surface area contributed by atoms with Crippen molar-refractivity contribution in [2.24, 2.45) is 0 Å². The predicted octanol–water partition coefficient (Wildman–Crippen LogP) is 2.53. The zero-order chi connectivity index (χ0) is 16.7. The largest absolute Gasteiger partial charge is 0.479 e. The molecule has 1 aromatic carbocycles. The minimum atomic E-state index is -0.494. The molecule has 1 fully saturated rings. The first kappa shape index (κ1) is 15.6. The topological polar surface area (TPSA) is 72.2 Å². The number of methoxy groups -OCH3 is 1. The highest BCUT2D eigenvalue weighted by atomic mass is 35.5. The maximum atomic E-state index is 10.7. The lowest BCUT2D eigenvalue weighted by Crippen LogP contribution is -2.31. The molecule has 3 heterocycles. The molecular weight excluding hydrogens is 328 g/mol. The van der Waals surface area contributed by atoms with E-state index in [2.05, 4.69) is 19.9 Å². The number of aliphatic hydroxyl groups excluding tert-OH is 1. The number of rotatable bonds is 2. The fourth-order valence-corrected chi connectivity index (χ4v) is 3.79. The van der Waals surface area contributed by atoms with Crippen molar-refractivity contribution in [1.82, 2.24) is 19.9 Å². The van der Waals surface area contributed by atoms with Crippen molar-refractivity contribution in [3.8, 4) is 5.88 Å². The maximum Gasteiger partial charge on any atom is 0.241 e. The predicted molar refractivity (Wildman–Crippen MR) is 93.7 cm³/mol. The second kappa shape index (κ2) is 6.20. The molecule has 0 saturated carbocycles. The van der Waals surface area contributed by atoms with Crippen molar-refractivity contribution < 1.29 is 9.84 Å². The van der Waals surface area contributed by atoms with E-state index in [9.17, 15) is 5.11 Å². The van der Waals surface area contributed by atoms with Crippen LogP contribution in [0.3, 0.4) is 0 Å². The summed E-state index contributed by atoms with van der Waals surface area (Å²) in [5, 5.41) is 15.5. The summed E-state index contributed by atoms with van der Waals surface area (Å²) in [6.07, 6.45) is 2.86.